The quantitative estimate of drug-likeness (QED) is 0.736. The summed E-state index contributed by atoms with van der Waals surface area (Å²) >= 11 is 0. The van der Waals surface area contributed by atoms with Gasteiger partial charge in [-0.2, -0.15) is 0 Å². The monoisotopic (exact) mass is 384 g/mol. The number of aryl methyl sites for hydroxylation is 1. The fourth-order valence-electron chi connectivity index (χ4n) is 2.82. The van der Waals surface area contributed by atoms with E-state index in [0.717, 1.165) is 5.56 Å². The van der Waals surface area contributed by atoms with Crippen LogP contribution in [0.1, 0.15) is 25.3 Å². The Labute approximate surface area is 153 Å². The van der Waals surface area contributed by atoms with Gasteiger partial charge in [-0.15, -0.1) is 0 Å². The van der Waals surface area contributed by atoms with Crippen LogP contribution in [0, 0.1) is 12.8 Å². The van der Waals surface area contributed by atoms with Gasteiger partial charge in [0.15, 0.2) is 6.61 Å². The second kappa shape index (κ2) is 8.50. The number of nitrogens with zero attached hydrogens (tertiary/aromatic N) is 1. The molecule has 8 nitrogen and oxygen atoms in total. The van der Waals surface area contributed by atoms with Crippen LogP contribution in [-0.4, -0.2) is 55.2 Å². The topological polar surface area (TPSA) is 113 Å². The van der Waals surface area contributed by atoms with Crippen molar-refractivity contribution in [3.8, 4) is 5.75 Å². The minimum absolute atomic E-state index is 0.0688. The summed E-state index contributed by atoms with van der Waals surface area (Å²) in [5.74, 6) is -0.946. The van der Waals surface area contributed by atoms with Crippen LogP contribution in [0.4, 0.5) is 5.69 Å². The summed E-state index contributed by atoms with van der Waals surface area (Å²) in [7, 11) is -3.21. The number of carboxylic acids is 1. The molecule has 1 heterocycles. The molecule has 1 amide bonds. The number of hydrogen-bond donors (Lipinski definition) is 2. The zero-order valence-corrected chi connectivity index (χ0v) is 15.7. The first-order chi connectivity index (χ1) is 12.2. The summed E-state index contributed by atoms with van der Waals surface area (Å²) in [4.78, 5) is 23.0. The summed E-state index contributed by atoms with van der Waals surface area (Å²) in [6, 6.07) is 4.93. The standard InChI is InChI=1S/C17H24N2O6S/c1-3-26(23,24)19-8-6-13(7-9-19)17(22)18-15-5-4-14(10-12(15)2)25-11-16(20)21/h4-5,10,13H,3,6-9,11H2,1-2H3,(H,18,22)(H,20,21). The number of ether oxygens (including phenoxy) is 1. The van der Waals surface area contributed by atoms with E-state index in [9.17, 15) is 18.0 Å². The third kappa shape index (κ3) is 5.18. The van der Waals surface area contributed by atoms with Crippen LogP contribution < -0.4 is 10.1 Å². The molecular formula is C17H24N2O6S. The molecule has 144 valence electrons. The van der Waals surface area contributed by atoms with Gasteiger partial charge in [0.2, 0.25) is 15.9 Å². The zero-order valence-electron chi connectivity index (χ0n) is 14.9. The third-order valence-corrected chi connectivity index (χ3v) is 6.28. The van der Waals surface area contributed by atoms with Crippen LogP contribution in [0.15, 0.2) is 18.2 Å². The van der Waals surface area contributed by atoms with Gasteiger partial charge in [-0.25, -0.2) is 17.5 Å². The number of carbonyl (C=O) groups excluding carboxylic acids is 1. The van der Waals surface area contributed by atoms with Crippen LogP contribution in [0.2, 0.25) is 0 Å². The van der Waals surface area contributed by atoms with E-state index in [4.69, 9.17) is 9.84 Å². The number of carbonyl (C=O) groups is 2. The molecule has 1 aliphatic heterocycles. The lowest BCUT2D eigenvalue weighted by molar-refractivity contribution is -0.139. The molecule has 0 spiro atoms. The predicted octanol–water partition coefficient (Wildman–Crippen LogP) is 1.46. The van der Waals surface area contributed by atoms with E-state index in [0.29, 0.717) is 37.4 Å². The molecular weight excluding hydrogens is 360 g/mol. The fourth-order valence-corrected chi connectivity index (χ4v) is 3.96. The first-order valence-corrected chi connectivity index (χ1v) is 10.1. The van der Waals surface area contributed by atoms with E-state index in [1.54, 1.807) is 32.0 Å². The average Bonchev–Trinajstić information content (AvgIpc) is 2.62. The summed E-state index contributed by atoms with van der Waals surface area (Å²) in [6.45, 7) is 3.69. The molecule has 9 heteroatoms. The van der Waals surface area contributed by atoms with Crippen LogP contribution in [0.25, 0.3) is 0 Å². The number of sulfonamides is 1. The number of benzene rings is 1. The van der Waals surface area contributed by atoms with Crippen molar-refractivity contribution in [2.75, 3.05) is 30.8 Å². The van der Waals surface area contributed by atoms with Gasteiger partial charge in [-0.3, -0.25) is 4.79 Å². The van der Waals surface area contributed by atoms with E-state index in [2.05, 4.69) is 5.32 Å². The largest absolute Gasteiger partial charge is 0.482 e. The van der Waals surface area contributed by atoms with E-state index >= 15 is 0 Å². The predicted molar refractivity (Wildman–Crippen MR) is 96.7 cm³/mol. The summed E-state index contributed by atoms with van der Waals surface area (Å²) in [5.41, 5.74) is 1.38. The van der Waals surface area contributed by atoms with Crippen LogP contribution in [0.5, 0.6) is 5.75 Å². The van der Waals surface area contributed by atoms with E-state index in [1.807, 2.05) is 0 Å². The highest BCUT2D eigenvalue weighted by Crippen LogP contribution is 2.25. The molecule has 1 fully saturated rings. The normalized spacial score (nSPS) is 16.2. The van der Waals surface area contributed by atoms with Crippen LogP contribution >= 0.6 is 0 Å². The molecule has 2 N–H and O–H groups in total. The van der Waals surface area contributed by atoms with Crippen molar-refractivity contribution in [1.29, 1.82) is 0 Å². The second-order valence-electron chi connectivity index (χ2n) is 6.22. The van der Waals surface area contributed by atoms with E-state index in [-0.39, 0.29) is 17.6 Å². The molecule has 0 unspecified atom stereocenters. The highest BCUT2D eigenvalue weighted by molar-refractivity contribution is 7.89. The van der Waals surface area contributed by atoms with Gasteiger partial charge >= 0.3 is 5.97 Å². The molecule has 1 aliphatic rings. The third-order valence-electron chi connectivity index (χ3n) is 4.40. The molecule has 26 heavy (non-hydrogen) atoms. The zero-order chi connectivity index (χ0) is 19.3. The Morgan fingerprint density at radius 3 is 2.50 bits per heavy atom. The Morgan fingerprint density at radius 1 is 1.31 bits per heavy atom. The van der Waals surface area contributed by atoms with Crippen LogP contribution in [-0.2, 0) is 19.6 Å². The Morgan fingerprint density at radius 2 is 1.96 bits per heavy atom. The molecule has 0 aromatic heterocycles. The lowest BCUT2D eigenvalue weighted by Gasteiger charge is -2.30. The maximum atomic E-state index is 12.5. The number of aliphatic carboxylic acids is 1. The van der Waals surface area contributed by atoms with E-state index in [1.165, 1.54) is 4.31 Å². The fraction of sp³-hybridized carbons (Fsp3) is 0.529. The number of amides is 1. The smallest absolute Gasteiger partial charge is 0.341 e. The number of anilines is 1. The molecule has 0 radical (unpaired) electrons. The molecule has 2 rings (SSSR count). The van der Waals surface area contributed by atoms with Gasteiger partial charge in [0, 0.05) is 24.7 Å². The van der Waals surface area contributed by atoms with Crippen molar-refractivity contribution < 1.29 is 27.9 Å². The number of piperidine rings is 1. The molecule has 0 aliphatic carbocycles. The Bertz CT molecular complexity index is 769. The molecule has 0 saturated carbocycles. The van der Waals surface area contributed by atoms with Crippen molar-refractivity contribution in [2.24, 2.45) is 5.92 Å². The van der Waals surface area contributed by atoms with Gasteiger partial charge in [0.05, 0.1) is 5.75 Å². The molecule has 0 atom stereocenters. The number of rotatable bonds is 7. The highest BCUT2D eigenvalue weighted by atomic mass is 32.2. The SMILES string of the molecule is CCS(=O)(=O)N1CCC(C(=O)Nc2ccc(OCC(=O)O)cc2C)CC1. The molecule has 1 saturated heterocycles. The number of nitrogens with one attached hydrogen (secondary N) is 1. The van der Waals surface area contributed by atoms with Gasteiger partial charge in [0.1, 0.15) is 5.75 Å². The van der Waals surface area contributed by atoms with Gasteiger partial charge in [-0.1, -0.05) is 0 Å². The minimum atomic E-state index is -3.21. The minimum Gasteiger partial charge on any atom is -0.482 e. The van der Waals surface area contributed by atoms with Gasteiger partial charge in [-0.05, 0) is 50.5 Å². The Kier molecular flexibility index (Phi) is 6.60. The lowest BCUT2D eigenvalue weighted by Crippen LogP contribution is -2.42. The number of hydrogen-bond acceptors (Lipinski definition) is 5. The second-order valence-corrected chi connectivity index (χ2v) is 8.48. The van der Waals surface area contributed by atoms with Gasteiger partial charge in [0.25, 0.3) is 0 Å². The molecule has 0 bridgehead atoms. The average molecular weight is 384 g/mol. The van der Waals surface area contributed by atoms with Crippen LogP contribution in [0.3, 0.4) is 0 Å². The Balaban J connectivity index is 1.93. The van der Waals surface area contributed by atoms with Crippen molar-refractivity contribution in [1.82, 2.24) is 4.31 Å². The first-order valence-electron chi connectivity index (χ1n) is 8.47. The maximum Gasteiger partial charge on any atom is 0.341 e. The summed E-state index contributed by atoms with van der Waals surface area (Å²) < 4.78 is 30.3. The van der Waals surface area contributed by atoms with Crippen molar-refractivity contribution in [2.45, 2.75) is 26.7 Å². The van der Waals surface area contributed by atoms with Crippen molar-refractivity contribution in [3.63, 3.8) is 0 Å². The Hall–Kier alpha value is -2.13. The van der Waals surface area contributed by atoms with Crippen molar-refractivity contribution in [3.05, 3.63) is 23.8 Å². The van der Waals surface area contributed by atoms with Gasteiger partial charge < -0.3 is 15.2 Å². The molecule has 1 aromatic rings. The summed E-state index contributed by atoms with van der Waals surface area (Å²) in [5, 5.41) is 11.5. The van der Waals surface area contributed by atoms with Crippen molar-refractivity contribution >= 4 is 27.6 Å². The number of carboxylic acid groups (broad SMARTS) is 1. The first kappa shape index (κ1) is 20.2. The molecule has 1 aromatic carbocycles. The highest BCUT2D eigenvalue weighted by Gasteiger charge is 2.30. The lowest BCUT2D eigenvalue weighted by atomic mass is 9.97. The maximum absolute atomic E-state index is 12.5. The van der Waals surface area contributed by atoms with E-state index < -0.39 is 22.6 Å². The summed E-state index contributed by atoms with van der Waals surface area (Å²) in [6.07, 6.45) is 0.980.